The minimum Gasteiger partial charge on any atom is -0.497 e. The van der Waals surface area contributed by atoms with Gasteiger partial charge in [0.15, 0.2) is 0 Å². The van der Waals surface area contributed by atoms with Gasteiger partial charge in [0.2, 0.25) is 5.91 Å². The second-order valence-electron chi connectivity index (χ2n) is 6.87. The van der Waals surface area contributed by atoms with Crippen LogP contribution in [0.2, 0.25) is 0 Å². The predicted octanol–water partition coefficient (Wildman–Crippen LogP) is 3.85. The van der Waals surface area contributed by atoms with Crippen LogP contribution in [0.1, 0.15) is 5.69 Å². The number of carbonyl (C=O) groups excluding carboxylic acids is 1. The maximum absolute atomic E-state index is 14.0. The van der Waals surface area contributed by atoms with E-state index in [1.807, 2.05) is 45.5 Å². The normalized spacial score (nSPS) is 14.1. The van der Waals surface area contributed by atoms with E-state index in [4.69, 9.17) is 4.74 Å². The summed E-state index contributed by atoms with van der Waals surface area (Å²) in [5.74, 6) is 0.640. The van der Waals surface area contributed by atoms with Gasteiger partial charge in [-0.25, -0.2) is 9.37 Å². The SMILES string of the molecule is COc1ccc(-c2nc(CC(=O)N3CCN(c4ccccc4F)CC3)cs2)cc1. The van der Waals surface area contributed by atoms with E-state index in [0.29, 0.717) is 31.9 Å². The highest BCUT2D eigenvalue weighted by molar-refractivity contribution is 7.13. The summed E-state index contributed by atoms with van der Waals surface area (Å²) in [6.07, 6.45) is 0.284. The standard InChI is InChI=1S/C22H22FN3O2S/c1-28-18-8-6-16(7-9-18)22-24-17(15-29-22)14-21(27)26-12-10-25(11-13-26)20-5-3-2-4-19(20)23/h2-9,15H,10-14H2,1H3. The van der Waals surface area contributed by atoms with E-state index < -0.39 is 0 Å². The van der Waals surface area contributed by atoms with E-state index in [2.05, 4.69) is 4.98 Å². The van der Waals surface area contributed by atoms with E-state index in [9.17, 15) is 9.18 Å². The Morgan fingerprint density at radius 3 is 2.52 bits per heavy atom. The molecule has 0 unspecified atom stereocenters. The Kier molecular flexibility index (Phi) is 5.76. The smallest absolute Gasteiger partial charge is 0.228 e. The number of benzene rings is 2. The Hall–Kier alpha value is -2.93. The van der Waals surface area contributed by atoms with E-state index in [1.165, 1.54) is 17.4 Å². The van der Waals surface area contributed by atoms with Crippen LogP contribution in [0.25, 0.3) is 10.6 Å². The number of nitrogens with zero attached hydrogens (tertiary/aromatic N) is 3. The molecule has 1 saturated heterocycles. The molecular formula is C22H22FN3O2S. The molecule has 0 atom stereocenters. The first kappa shape index (κ1) is 19.4. The molecule has 1 aliphatic rings. The lowest BCUT2D eigenvalue weighted by molar-refractivity contribution is -0.130. The molecule has 0 aliphatic carbocycles. The summed E-state index contributed by atoms with van der Waals surface area (Å²) >= 11 is 1.53. The van der Waals surface area contributed by atoms with Gasteiger partial charge in [-0.3, -0.25) is 4.79 Å². The third kappa shape index (κ3) is 4.40. The summed E-state index contributed by atoms with van der Waals surface area (Å²) in [5.41, 5.74) is 2.39. The van der Waals surface area contributed by atoms with Crippen LogP contribution >= 0.6 is 11.3 Å². The summed E-state index contributed by atoms with van der Waals surface area (Å²) in [6, 6.07) is 14.5. The molecule has 1 aliphatic heterocycles. The largest absolute Gasteiger partial charge is 0.497 e. The average molecular weight is 412 g/mol. The van der Waals surface area contributed by atoms with Crippen molar-refractivity contribution in [3.05, 3.63) is 65.4 Å². The van der Waals surface area contributed by atoms with Crippen molar-refractivity contribution in [3.63, 3.8) is 0 Å². The molecule has 5 nitrogen and oxygen atoms in total. The number of anilines is 1. The lowest BCUT2D eigenvalue weighted by Gasteiger charge is -2.36. The van der Waals surface area contributed by atoms with Crippen molar-refractivity contribution in [2.24, 2.45) is 0 Å². The van der Waals surface area contributed by atoms with Crippen molar-refractivity contribution in [3.8, 4) is 16.3 Å². The van der Waals surface area contributed by atoms with Crippen molar-refractivity contribution >= 4 is 22.9 Å². The zero-order valence-electron chi connectivity index (χ0n) is 16.2. The molecule has 0 N–H and O–H groups in total. The van der Waals surface area contributed by atoms with Crippen LogP contribution in [0.15, 0.2) is 53.9 Å². The first-order valence-corrected chi connectivity index (χ1v) is 10.4. The summed E-state index contributed by atoms with van der Waals surface area (Å²) in [4.78, 5) is 21.1. The monoisotopic (exact) mass is 411 g/mol. The van der Waals surface area contributed by atoms with Crippen LogP contribution in [-0.2, 0) is 11.2 Å². The van der Waals surface area contributed by atoms with Gasteiger partial charge in [-0.2, -0.15) is 0 Å². The number of hydrogen-bond donors (Lipinski definition) is 0. The van der Waals surface area contributed by atoms with Gasteiger partial charge >= 0.3 is 0 Å². The van der Waals surface area contributed by atoms with Crippen molar-refractivity contribution in [1.82, 2.24) is 9.88 Å². The Morgan fingerprint density at radius 2 is 1.83 bits per heavy atom. The zero-order valence-corrected chi connectivity index (χ0v) is 17.0. The third-order valence-electron chi connectivity index (χ3n) is 5.05. The van der Waals surface area contributed by atoms with Gasteiger partial charge < -0.3 is 14.5 Å². The third-order valence-corrected chi connectivity index (χ3v) is 5.99. The van der Waals surface area contributed by atoms with Crippen molar-refractivity contribution in [2.75, 3.05) is 38.2 Å². The second-order valence-corrected chi connectivity index (χ2v) is 7.73. The molecule has 29 heavy (non-hydrogen) atoms. The van der Waals surface area contributed by atoms with Gasteiger partial charge in [0, 0.05) is 37.1 Å². The maximum atomic E-state index is 14.0. The molecule has 2 aromatic carbocycles. The van der Waals surface area contributed by atoms with E-state index >= 15 is 0 Å². The first-order chi connectivity index (χ1) is 14.1. The molecule has 0 saturated carbocycles. The van der Waals surface area contributed by atoms with Gasteiger partial charge in [0.05, 0.1) is 24.9 Å². The number of rotatable bonds is 5. The lowest BCUT2D eigenvalue weighted by Crippen LogP contribution is -2.49. The molecule has 0 spiro atoms. The van der Waals surface area contributed by atoms with Crippen molar-refractivity contribution < 1.29 is 13.9 Å². The Bertz CT molecular complexity index is 982. The molecule has 1 amide bonds. The summed E-state index contributed by atoms with van der Waals surface area (Å²) in [6.45, 7) is 2.42. The van der Waals surface area contributed by atoms with Crippen LogP contribution in [0.4, 0.5) is 10.1 Å². The number of halogens is 1. The molecule has 0 radical (unpaired) electrons. The number of hydrogen-bond acceptors (Lipinski definition) is 5. The maximum Gasteiger partial charge on any atom is 0.228 e. The van der Waals surface area contributed by atoms with Gasteiger partial charge in [0.1, 0.15) is 16.6 Å². The fourth-order valence-corrected chi connectivity index (χ4v) is 4.25. The Labute approximate surface area is 173 Å². The number of piperazine rings is 1. The quantitative estimate of drug-likeness (QED) is 0.640. The van der Waals surface area contributed by atoms with Gasteiger partial charge in [-0.1, -0.05) is 12.1 Å². The highest BCUT2D eigenvalue weighted by Gasteiger charge is 2.23. The van der Waals surface area contributed by atoms with Gasteiger partial charge in [0.25, 0.3) is 0 Å². The Balaban J connectivity index is 1.34. The number of thiazole rings is 1. The number of para-hydroxylation sites is 1. The average Bonchev–Trinajstić information content (AvgIpc) is 3.23. The first-order valence-electron chi connectivity index (χ1n) is 9.50. The Morgan fingerprint density at radius 1 is 1.10 bits per heavy atom. The predicted molar refractivity (Wildman–Crippen MR) is 113 cm³/mol. The number of amides is 1. The molecule has 0 bridgehead atoms. The molecular weight excluding hydrogens is 389 g/mol. The summed E-state index contributed by atoms with van der Waals surface area (Å²) in [5, 5.41) is 2.83. The van der Waals surface area contributed by atoms with Gasteiger partial charge in [-0.15, -0.1) is 11.3 Å². The minimum atomic E-state index is -0.221. The molecule has 7 heteroatoms. The fraction of sp³-hybridized carbons (Fsp3) is 0.273. The number of aromatic nitrogens is 1. The molecule has 2 heterocycles. The van der Waals surface area contributed by atoms with Crippen LogP contribution < -0.4 is 9.64 Å². The highest BCUT2D eigenvalue weighted by atomic mass is 32.1. The summed E-state index contributed by atoms with van der Waals surface area (Å²) < 4.78 is 19.1. The van der Waals surface area contributed by atoms with Gasteiger partial charge in [-0.05, 0) is 36.4 Å². The van der Waals surface area contributed by atoms with Crippen molar-refractivity contribution in [1.29, 1.82) is 0 Å². The zero-order chi connectivity index (χ0) is 20.2. The van der Waals surface area contributed by atoms with Crippen LogP contribution in [0.3, 0.4) is 0 Å². The van der Waals surface area contributed by atoms with Crippen LogP contribution in [0, 0.1) is 5.82 Å². The van der Waals surface area contributed by atoms with E-state index in [1.54, 1.807) is 19.2 Å². The van der Waals surface area contributed by atoms with E-state index in [-0.39, 0.29) is 18.1 Å². The fourth-order valence-electron chi connectivity index (χ4n) is 3.43. The highest BCUT2D eigenvalue weighted by Crippen LogP contribution is 2.26. The molecule has 4 rings (SSSR count). The number of methoxy groups -OCH3 is 1. The molecule has 3 aromatic rings. The molecule has 1 aromatic heterocycles. The van der Waals surface area contributed by atoms with E-state index in [0.717, 1.165) is 22.0 Å². The summed E-state index contributed by atoms with van der Waals surface area (Å²) in [7, 11) is 1.64. The number of carbonyl (C=O) groups is 1. The molecule has 1 fully saturated rings. The topological polar surface area (TPSA) is 45.7 Å². The van der Waals surface area contributed by atoms with Crippen molar-refractivity contribution in [2.45, 2.75) is 6.42 Å². The van der Waals surface area contributed by atoms with Crippen LogP contribution in [-0.4, -0.2) is 49.1 Å². The van der Waals surface area contributed by atoms with Crippen LogP contribution in [0.5, 0.6) is 5.75 Å². The second kappa shape index (κ2) is 8.61. The lowest BCUT2D eigenvalue weighted by atomic mass is 10.2. The molecule has 150 valence electrons. The number of ether oxygens (including phenoxy) is 1. The minimum absolute atomic E-state index is 0.0600.